The van der Waals surface area contributed by atoms with Gasteiger partial charge in [0, 0.05) is 34.7 Å². The molecule has 7 heterocycles. The number of carbonyl (C=O) groups excluding carboxylic acids is 7. The van der Waals surface area contributed by atoms with Crippen molar-refractivity contribution in [1.82, 2.24) is 37.2 Å². The molecule has 0 unspecified atom stereocenters. The van der Waals surface area contributed by atoms with Crippen LogP contribution in [0.15, 0.2) is 84.9 Å². The van der Waals surface area contributed by atoms with E-state index < -0.39 is 231 Å². The molecule has 18 atom stereocenters. The van der Waals surface area contributed by atoms with Crippen molar-refractivity contribution >= 4 is 58.9 Å². The molecule has 0 radical (unpaired) electrons. The van der Waals surface area contributed by atoms with Crippen LogP contribution in [0.3, 0.4) is 0 Å². The summed E-state index contributed by atoms with van der Waals surface area (Å²) in [4.78, 5) is 117. The second kappa shape index (κ2) is 29.8. The Kier molecular flexibility index (Phi) is 21.8. The molecule has 12 rings (SSSR count). The van der Waals surface area contributed by atoms with E-state index in [1.807, 2.05) is 13.8 Å². The van der Waals surface area contributed by atoms with Crippen LogP contribution in [-0.2, 0) is 52.6 Å². The number of fused-ring (bicyclic) bond motifs is 15. The summed E-state index contributed by atoms with van der Waals surface area (Å²) < 4.78 is 38.3. The van der Waals surface area contributed by atoms with Gasteiger partial charge in [0.25, 0.3) is 0 Å². The SMILES string of the molecule is CN[C@H](CC(C)C)C(=O)N[C@H]1C(=O)N[C@@H](CC(N)=O)C(=O)N[C@H]2C(=O)N[C@H]3C(=O)N[C@H](C(=O)N[C@H](C(=O)O)c4cc(O)cc(O)c4-c4cc3ccc4O)[C@H](O)c3ccc(c(Cl)c3)Oc3cc2cc(c3O[C@H]2O[C@H](CO)[C@H](O)[C@H](O)[C@H]2O[C@@H]2C[C@](C)(N)[C@H](O)[C@@H](C)O2)Oc2ccc(cc2)[C@H]1O. The quantitative estimate of drug-likeness (QED) is 0.0703. The van der Waals surface area contributed by atoms with E-state index in [-0.39, 0.29) is 46.9 Å². The van der Waals surface area contributed by atoms with Gasteiger partial charge < -0.3 is 128 Å². The Labute approximate surface area is 574 Å². The number of primary amides is 1. The Morgan fingerprint density at radius 1 is 0.730 bits per heavy atom. The molecule has 7 aliphatic heterocycles. The van der Waals surface area contributed by atoms with Gasteiger partial charge in [-0.3, -0.25) is 33.6 Å². The number of benzene rings is 5. The summed E-state index contributed by atoms with van der Waals surface area (Å²) in [5.41, 5.74) is 8.23. The lowest BCUT2D eigenvalue weighted by Gasteiger charge is -2.47. The number of amides is 7. The number of nitrogens with one attached hydrogen (secondary N) is 7. The summed E-state index contributed by atoms with van der Waals surface area (Å²) in [5, 5.41) is 131. The minimum Gasteiger partial charge on any atom is -0.508 e. The van der Waals surface area contributed by atoms with Crippen LogP contribution in [0.4, 0.5) is 0 Å². The molecule has 0 spiro atoms. The zero-order chi connectivity index (χ0) is 72.7. The second-order valence-corrected chi connectivity index (χ2v) is 26.0. The smallest absolute Gasteiger partial charge is 0.330 e. The molecule has 7 aliphatic rings. The second-order valence-electron chi connectivity index (χ2n) is 25.6. The highest BCUT2D eigenvalue weighted by molar-refractivity contribution is 6.32. The van der Waals surface area contributed by atoms with Gasteiger partial charge in [-0.1, -0.05) is 49.7 Å². The molecule has 7 amide bonds. The van der Waals surface area contributed by atoms with Gasteiger partial charge in [0.15, 0.2) is 29.9 Å². The maximum Gasteiger partial charge on any atom is 0.330 e. The number of phenols is 3. The third kappa shape index (κ3) is 15.4. The normalized spacial score (nSPS) is 29.6. The lowest BCUT2D eigenvalue weighted by atomic mass is 9.86. The fourth-order valence-corrected chi connectivity index (χ4v) is 12.7. The van der Waals surface area contributed by atoms with E-state index in [4.69, 9.17) is 51.5 Å². The van der Waals surface area contributed by atoms with Crippen LogP contribution in [0.1, 0.15) is 105 Å². The number of carboxylic acids is 1. The predicted octanol–water partition coefficient (Wildman–Crippen LogP) is -0.547. The van der Waals surface area contributed by atoms with Crippen molar-refractivity contribution in [2.75, 3.05) is 13.7 Å². The van der Waals surface area contributed by atoms with Crippen LogP contribution >= 0.6 is 11.6 Å². The number of carbonyl (C=O) groups is 8. The summed E-state index contributed by atoms with van der Waals surface area (Å²) in [6.07, 6.45) is -18.2. The van der Waals surface area contributed by atoms with Crippen molar-refractivity contribution < 1.29 is 118 Å². The van der Waals surface area contributed by atoms with E-state index in [1.54, 1.807) is 0 Å². The molecule has 100 heavy (non-hydrogen) atoms. The van der Waals surface area contributed by atoms with Crippen LogP contribution in [0.5, 0.6) is 46.0 Å². The number of aliphatic hydroxyl groups excluding tert-OH is 6. The molecule has 5 aromatic carbocycles. The lowest BCUT2D eigenvalue weighted by molar-refractivity contribution is -0.333. The largest absolute Gasteiger partial charge is 0.508 e. The number of phenolic OH excluding ortho intramolecular Hbond substituents is 3. The van der Waals surface area contributed by atoms with Crippen molar-refractivity contribution in [2.45, 2.75) is 156 Å². The number of hydrogen-bond donors (Lipinski definition) is 19. The average Bonchev–Trinajstić information content (AvgIpc) is 0.769. The van der Waals surface area contributed by atoms with Crippen molar-refractivity contribution in [3.8, 4) is 57.1 Å². The average molecular weight is 1410 g/mol. The third-order valence-electron chi connectivity index (χ3n) is 17.7. The molecule has 34 heteroatoms. The number of likely N-dealkylation sites (N-methyl/N-ethyl adjacent to an activating group) is 1. The van der Waals surface area contributed by atoms with Gasteiger partial charge in [-0.05, 0) is 110 Å². The molecule has 33 nitrogen and oxygen atoms in total. The van der Waals surface area contributed by atoms with Crippen LogP contribution < -0.4 is 62.9 Å². The van der Waals surface area contributed by atoms with Gasteiger partial charge in [-0.2, -0.15) is 0 Å². The third-order valence-corrected chi connectivity index (χ3v) is 18.0. The molecular formula is C66H76ClN9O24. The van der Waals surface area contributed by atoms with Crippen molar-refractivity contribution in [2.24, 2.45) is 17.4 Å². The summed E-state index contributed by atoms with van der Waals surface area (Å²) >= 11 is 7.04. The standard InChI is InChI=1S/C66H76ClN9O24/c1-24(2)14-35(70-5)58(87)75-49-51(82)26-6-10-31(11-7-26)96-40-17-29-18-41(55(40)100-65-56(54(85)53(84)42(23-77)98-65)99-44-22-66(4,69)57(86)25(3)95-44)97-39-13-9-28(16-34(39)67)52(83)50-63(92)74-48(64(93)94)33-19-30(78)20-38(80)45(33)32-15-27(8-12-37(32)79)46(60(89)76-50)73-61(90)47(29)72-59(88)36(21-43(68)81)71-62(49)91/h6-13,15-20,24-25,35-36,42,44,46-54,56-57,65,70,77-80,82-86H,14,21-23,69H2,1-5H3,(H2,68,81)(H,71,91)(H,72,88)(H,73,90)(H,74,92)(H,75,87)(H,76,89)(H,93,94)/t25-,35-,36+,42-,44-,46-,47-,48+,49-,50+,51-,52-,53+,54+,56-,57-,65-,66+/m1/s1. The first-order chi connectivity index (χ1) is 47.2. The Hall–Kier alpha value is -9.49. The number of hydrogen-bond acceptors (Lipinski definition) is 25. The predicted molar refractivity (Wildman–Crippen MR) is 344 cm³/mol. The Balaban J connectivity index is 1.23. The highest BCUT2D eigenvalue weighted by Crippen LogP contribution is 2.49. The van der Waals surface area contributed by atoms with E-state index in [0.29, 0.717) is 0 Å². The molecule has 5 aromatic rings. The molecule has 0 aromatic heterocycles. The van der Waals surface area contributed by atoms with Gasteiger partial charge in [0.1, 0.15) is 89.5 Å². The number of halogens is 1. The van der Waals surface area contributed by atoms with Crippen LogP contribution in [0.2, 0.25) is 5.02 Å². The Morgan fingerprint density at radius 2 is 1.38 bits per heavy atom. The zero-order valence-corrected chi connectivity index (χ0v) is 54.8. The summed E-state index contributed by atoms with van der Waals surface area (Å²) in [6.45, 7) is 5.72. The number of aromatic hydroxyl groups is 3. The first kappa shape index (κ1) is 73.2. The van der Waals surface area contributed by atoms with Gasteiger partial charge in [-0.15, -0.1) is 0 Å². The van der Waals surface area contributed by atoms with E-state index in [9.17, 15) is 75.0 Å². The summed E-state index contributed by atoms with van der Waals surface area (Å²) in [7, 11) is 1.49. The molecular weight excluding hydrogens is 1340 g/mol. The Bertz CT molecular complexity index is 4000. The van der Waals surface area contributed by atoms with E-state index in [1.165, 1.54) is 45.2 Å². The number of aliphatic carboxylic acids is 1. The highest BCUT2D eigenvalue weighted by Gasteiger charge is 2.51. The van der Waals surface area contributed by atoms with Gasteiger partial charge in [-0.25, -0.2) is 4.79 Å². The number of aliphatic hydroxyl groups is 6. The Morgan fingerprint density at radius 3 is 2.02 bits per heavy atom. The summed E-state index contributed by atoms with van der Waals surface area (Å²) in [5.74, 6) is -15.4. The minimum absolute atomic E-state index is 0.0465. The molecule has 21 N–H and O–H groups in total. The maximum absolute atomic E-state index is 16.0. The molecule has 0 saturated carbocycles. The fraction of sp³-hybridized carbons (Fsp3) is 0.424. The van der Waals surface area contributed by atoms with E-state index >= 15 is 14.4 Å². The maximum atomic E-state index is 16.0. The molecule has 2 saturated heterocycles. The van der Waals surface area contributed by atoms with Crippen molar-refractivity contribution in [3.63, 3.8) is 0 Å². The van der Waals surface area contributed by atoms with Gasteiger partial charge in [0.2, 0.25) is 53.4 Å². The topological polar surface area (TPSA) is 530 Å². The number of ether oxygens (including phenoxy) is 6. The van der Waals surface area contributed by atoms with Crippen LogP contribution in [0, 0.1) is 5.92 Å². The van der Waals surface area contributed by atoms with Crippen molar-refractivity contribution in [3.05, 3.63) is 118 Å². The minimum atomic E-state index is -2.31. The van der Waals surface area contributed by atoms with Crippen LogP contribution in [-0.4, -0.2) is 191 Å². The highest BCUT2D eigenvalue weighted by atomic mass is 35.5. The van der Waals surface area contributed by atoms with Gasteiger partial charge in [0.05, 0.1) is 36.3 Å². The number of nitrogens with two attached hydrogens (primary N) is 2. The first-order valence-electron chi connectivity index (χ1n) is 31.5. The monoisotopic (exact) mass is 1410 g/mol. The van der Waals surface area contributed by atoms with Crippen LogP contribution in [0.25, 0.3) is 11.1 Å². The van der Waals surface area contributed by atoms with Crippen molar-refractivity contribution in [1.29, 1.82) is 0 Å². The number of rotatable bonds is 13. The number of carboxylic acid groups (broad SMARTS) is 1. The lowest BCUT2D eigenvalue weighted by Crippen LogP contribution is -2.64. The molecule has 536 valence electrons. The van der Waals surface area contributed by atoms with E-state index in [0.717, 1.165) is 60.7 Å². The first-order valence-corrected chi connectivity index (χ1v) is 31.9. The molecule has 11 bridgehead atoms. The fourth-order valence-electron chi connectivity index (χ4n) is 12.5. The van der Waals surface area contributed by atoms with Gasteiger partial charge >= 0.3 is 5.97 Å². The molecule has 0 aliphatic carbocycles. The summed E-state index contributed by atoms with van der Waals surface area (Å²) in [6, 6.07) is 1.27. The van der Waals surface area contributed by atoms with E-state index in [2.05, 4.69) is 37.2 Å². The molecule has 2 fully saturated rings. The zero-order valence-electron chi connectivity index (χ0n) is 54.0.